The summed E-state index contributed by atoms with van der Waals surface area (Å²) in [5.41, 5.74) is 2.09. The number of benzene rings is 1. The highest BCUT2D eigenvalue weighted by Crippen LogP contribution is 2.39. The van der Waals surface area contributed by atoms with Crippen molar-refractivity contribution in [1.29, 1.82) is 0 Å². The van der Waals surface area contributed by atoms with Crippen LogP contribution in [0.3, 0.4) is 0 Å². The van der Waals surface area contributed by atoms with Crippen LogP contribution >= 0.6 is 11.6 Å². The van der Waals surface area contributed by atoms with Crippen molar-refractivity contribution < 1.29 is 14.6 Å². The van der Waals surface area contributed by atoms with Gasteiger partial charge in [0.2, 0.25) is 0 Å². The number of ether oxygens (including phenoxy) is 1. The second-order valence-electron chi connectivity index (χ2n) is 3.95. The molecule has 1 aliphatic rings. The number of H-pyrrole nitrogens is 1. The Labute approximate surface area is 107 Å². The van der Waals surface area contributed by atoms with Crippen LogP contribution in [0.15, 0.2) is 18.2 Å². The zero-order chi connectivity index (χ0) is 12.7. The first-order valence-electron chi connectivity index (χ1n) is 5.40. The van der Waals surface area contributed by atoms with E-state index in [1.807, 2.05) is 6.07 Å². The molecule has 0 spiro atoms. The van der Waals surface area contributed by atoms with E-state index in [4.69, 9.17) is 21.4 Å². The molecule has 0 aliphatic carbocycles. The lowest BCUT2D eigenvalue weighted by Crippen LogP contribution is -2.05. The molecular formula is C12H9ClN2O3. The van der Waals surface area contributed by atoms with Crippen LogP contribution in [0.5, 0.6) is 5.75 Å². The number of nitrogens with one attached hydrogen (secondary N) is 1. The molecule has 0 amide bonds. The molecule has 0 fully saturated rings. The summed E-state index contributed by atoms with van der Waals surface area (Å²) in [5, 5.41) is 16.2. The van der Waals surface area contributed by atoms with Crippen molar-refractivity contribution in [2.45, 2.75) is 6.42 Å². The number of aromatic amines is 1. The minimum atomic E-state index is -1.02. The number of carbonyl (C=O) groups is 1. The monoisotopic (exact) mass is 264 g/mol. The molecule has 2 aromatic rings. The van der Waals surface area contributed by atoms with Crippen LogP contribution in [0.2, 0.25) is 5.02 Å². The maximum Gasteiger partial charge on any atom is 0.354 e. The summed E-state index contributed by atoms with van der Waals surface area (Å²) in [5.74, 6) is -0.462. The van der Waals surface area contributed by atoms with Crippen LogP contribution in [0, 0.1) is 0 Å². The maximum absolute atomic E-state index is 11.1. The molecule has 5 nitrogen and oxygen atoms in total. The molecule has 0 saturated carbocycles. The summed E-state index contributed by atoms with van der Waals surface area (Å²) in [6.07, 6.45) is 0.485. The lowest BCUT2D eigenvalue weighted by Gasteiger charge is -2.07. The van der Waals surface area contributed by atoms with Crippen LogP contribution < -0.4 is 4.74 Å². The van der Waals surface area contributed by atoms with Gasteiger partial charge in [0.25, 0.3) is 0 Å². The Morgan fingerprint density at radius 1 is 1.50 bits per heavy atom. The molecule has 1 aromatic heterocycles. The smallest absolute Gasteiger partial charge is 0.354 e. The third-order valence-electron chi connectivity index (χ3n) is 2.90. The van der Waals surface area contributed by atoms with Gasteiger partial charge in [0.1, 0.15) is 17.1 Å². The molecule has 0 radical (unpaired) electrons. The molecular weight excluding hydrogens is 256 g/mol. The number of aromatic nitrogens is 2. The van der Waals surface area contributed by atoms with Gasteiger partial charge >= 0.3 is 5.97 Å². The second kappa shape index (κ2) is 4.03. The number of halogens is 1. The number of nitrogens with zero attached hydrogens (tertiary/aromatic N) is 1. The zero-order valence-corrected chi connectivity index (χ0v) is 9.99. The Balaban J connectivity index is 2.26. The van der Waals surface area contributed by atoms with Gasteiger partial charge in [-0.05, 0) is 12.1 Å². The number of para-hydroxylation sites is 1. The number of rotatable bonds is 1. The van der Waals surface area contributed by atoms with E-state index in [9.17, 15) is 4.79 Å². The maximum atomic E-state index is 11.1. The topological polar surface area (TPSA) is 75.2 Å². The molecule has 0 unspecified atom stereocenters. The Bertz CT molecular complexity index is 636. The van der Waals surface area contributed by atoms with Crippen LogP contribution in [-0.4, -0.2) is 27.9 Å². The predicted molar refractivity (Wildman–Crippen MR) is 65.2 cm³/mol. The summed E-state index contributed by atoms with van der Waals surface area (Å²) in [4.78, 5) is 11.1. The van der Waals surface area contributed by atoms with Gasteiger partial charge in [0.15, 0.2) is 0 Å². The van der Waals surface area contributed by atoms with Crippen molar-refractivity contribution in [3.05, 3.63) is 34.5 Å². The van der Waals surface area contributed by atoms with E-state index in [-0.39, 0.29) is 5.69 Å². The largest absolute Gasteiger partial charge is 0.491 e. The number of carboxylic acids is 1. The molecule has 1 aliphatic heterocycles. The fraction of sp³-hybridized carbons (Fsp3) is 0.167. The number of hydrogen-bond donors (Lipinski definition) is 2. The molecule has 6 heteroatoms. The molecule has 3 rings (SSSR count). The van der Waals surface area contributed by atoms with Crippen molar-refractivity contribution in [1.82, 2.24) is 10.2 Å². The molecule has 0 atom stereocenters. The highest BCUT2D eigenvalue weighted by atomic mass is 35.5. The summed E-state index contributed by atoms with van der Waals surface area (Å²) >= 11 is 6.07. The van der Waals surface area contributed by atoms with Crippen molar-refractivity contribution >= 4 is 17.6 Å². The minimum Gasteiger partial charge on any atom is -0.491 e. The summed E-state index contributed by atoms with van der Waals surface area (Å²) in [7, 11) is 0. The zero-order valence-electron chi connectivity index (χ0n) is 9.24. The van der Waals surface area contributed by atoms with E-state index in [0.717, 1.165) is 5.56 Å². The Morgan fingerprint density at radius 3 is 3.11 bits per heavy atom. The normalized spacial score (nSPS) is 13.2. The van der Waals surface area contributed by atoms with E-state index in [2.05, 4.69) is 10.2 Å². The van der Waals surface area contributed by atoms with Gasteiger partial charge in [-0.15, -0.1) is 0 Å². The van der Waals surface area contributed by atoms with Gasteiger partial charge in [-0.1, -0.05) is 17.7 Å². The standard InChI is InChI=1S/C12H9ClN2O3/c13-8-3-1-2-7-9-6(4-5-18-11(7)8)10(12(16)17)15-14-9/h1-3H,4-5H2,(H,14,15)(H,16,17). The van der Waals surface area contributed by atoms with Gasteiger partial charge in [-0.2, -0.15) is 5.10 Å². The van der Waals surface area contributed by atoms with E-state index in [0.29, 0.717) is 35.1 Å². The Morgan fingerprint density at radius 2 is 2.33 bits per heavy atom. The first-order chi connectivity index (χ1) is 8.68. The summed E-state index contributed by atoms with van der Waals surface area (Å²) in [6.45, 7) is 0.379. The lowest BCUT2D eigenvalue weighted by molar-refractivity contribution is 0.0689. The van der Waals surface area contributed by atoms with E-state index in [1.165, 1.54) is 0 Å². The van der Waals surface area contributed by atoms with Crippen LogP contribution in [0.1, 0.15) is 16.1 Å². The molecule has 0 bridgehead atoms. The van der Waals surface area contributed by atoms with Crippen LogP contribution in [0.25, 0.3) is 11.3 Å². The minimum absolute atomic E-state index is 0.112. The lowest BCUT2D eigenvalue weighted by atomic mass is 10.0. The first kappa shape index (κ1) is 11.1. The average molecular weight is 265 g/mol. The highest BCUT2D eigenvalue weighted by Gasteiger charge is 2.25. The molecule has 2 N–H and O–H groups in total. The Kier molecular flexibility index (Phi) is 2.48. The quantitative estimate of drug-likeness (QED) is 0.829. The van der Waals surface area contributed by atoms with Crippen molar-refractivity contribution in [2.24, 2.45) is 0 Å². The van der Waals surface area contributed by atoms with Crippen molar-refractivity contribution in [3.8, 4) is 17.0 Å². The van der Waals surface area contributed by atoms with E-state index < -0.39 is 5.97 Å². The number of aromatic carboxylic acids is 1. The number of hydrogen-bond acceptors (Lipinski definition) is 3. The first-order valence-corrected chi connectivity index (χ1v) is 5.78. The highest BCUT2D eigenvalue weighted by molar-refractivity contribution is 6.32. The Hall–Kier alpha value is -2.01. The summed E-state index contributed by atoms with van der Waals surface area (Å²) < 4.78 is 5.58. The van der Waals surface area contributed by atoms with E-state index >= 15 is 0 Å². The van der Waals surface area contributed by atoms with E-state index in [1.54, 1.807) is 12.1 Å². The van der Waals surface area contributed by atoms with Gasteiger partial charge in [-0.3, -0.25) is 5.10 Å². The van der Waals surface area contributed by atoms with Crippen LogP contribution in [-0.2, 0) is 6.42 Å². The van der Waals surface area contributed by atoms with Crippen LogP contribution in [0.4, 0.5) is 0 Å². The van der Waals surface area contributed by atoms with Crippen molar-refractivity contribution in [3.63, 3.8) is 0 Å². The van der Waals surface area contributed by atoms with Gasteiger partial charge in [0, 0.05) is 17.5 Å². The van der Waals surface area contributed by atoms with Gasteiger partial charge < -0.3 is 9.84 Å². The fourth-order valence-electron chi connectivity index (χ4n) is 2.11. The molecule has 1 aromatic carbocycles. The van der Waals surface area contributed by atoms with Gasteiger partial charge in [-0.25, -0.2) is 4.79 Å². The molecule has 0 saturated heterocycles. The molecule has 2 heterocycles. The molecule has 18 heavy (non-hydrogen) atoms. The predicted octanol–water partition coefficient (Wildman–Crippen LogP) is 2.36. The molecule has 92 valence electrons. The summed E-state index contributed by atoms with van der Waals surface area (Å²) in [6, 6.07) is 5.34. The number of carboxylic acid groups (broad SMARTS) is 1. The third kappa shape index (κ3) is 1.55. The number of fused-ring (bicyclic) bond motifs is 3. The second-order valence-corrected chi connectivity index (χ2v) is 4.35. The third-order valence-corrected chi connectivity index (χ3v) is 3.20. The SMILES string of the molecule is O=C(O)c1[nH]nc2c1CCOc1c(Cl)cccc1-2. The fourth-order valence-corrected chi connectivity index (χ4v) is 2.33. The van der Waals surface area contributed by atoms with Crippen molar-refractivity contribution in [2.75, 3.05) is 6.61 Å². The average Bonchev–Trinajstić information content (AvgIpc) is 2.67. The van der Waals surface area contributed by atoms with Gasteiger partial charge in [0.05, 0.1) is 11.6 Å².